The van der Waals surface area contributed by atoms with Crippen LogP contribution in [0.2, 0.25) is 0 Å². The number of hydrogen-bond donors (Lipinski definition) is 1. The Morgan fingerprint density at radius 3 is 2.68 bits per heavy atom. The lowest BCUT2D eigenvalue weighted by Crippen LogP contribution is -2.15. The minimum atomic E-state index is -0.217. The molecule has 116 valence electrons. The van der Waals surface area contributed by atoms with Crippen molar-refractivity contribution in [3.05, 3.63) is 59.4 Å². The fourth-order valence-corrected chi connectivity index (χ4v) is 2.23. The van der Waals surface area contributed by atoms with E-state index in [1.807, 2.05) is 30.3 Å². The molecule has 2 N–H and O–H groups in total. The summed E-state index contributed by atoms with van der Waals surface area (Å²) in [6.45, 7) is 2.57. The Labute approximate surface area is 131 Å². The van der Waals surface area contributed by atoms with Crippen molar-refractivity contribution >= 4 is 6.29 Å². The fourth-order valence-electron chi connectivity index (χ4n) is 2.23. The molecule has 1 aromatic heterocycles. The van der Waals surface area contributed by atoms with Gasteiger partial charge in [0.1, 0.15) is 18.1 Å². The van der Waals surface area contributed by atoms with Crippen LogP contribution in [0.15, 0.2) is 42.5 Å². The first-order valence-electron chi connectivity index (χ1n) is 7.63. The Balaban J connectivity index is 2.16. The molecule has 4 heteroatoms. The van der Waals surface area contributed by atoms with Gasteiger partial charge in [-0.05, 0) is 24.1 Å². The van der Waals surface area contributed by atoms with Gasteiger partial charge >= 0.3 is 0 Å². The van der Waals surface area contributed by atoms with Gasteiger partial charge in [0.25, 0.3) is 0 Å². The Morgan fingerprint density at radius 1 is 1.23 bits per heavy atom. The maximum Gasteiger partial charge on any atom is 0.168 e. The zero-order valence-electron chi connectivity index (χ0n) is 12.9. The number of carbonyl (C=O) groups is 1. The van der Waals surface area contributed by atoms with Gasteiger partial charge in [-0.2, -0.15) is 0 Å². The summed E-state index contributed by atoms with van der Waals surface area (Å²) in [6, 6.07) is 13.1. The molecule has 4 nitrogen and oxygen atoms in total. The van der Waals surface area contributed by atoms with Crippen molar-refractivity contribution in [1.29, 1.82) is 0 Å². The van der Waals surface area contributed by atoms with Crippen LogP contribution in [0, 0.1) is 0 Å². The number of aldehydes is 1. The number of pyridine rings is 1. The minimum Gasteiger partial charge on any atom is -0.487 e. The SMILES string of the molecule is CCCCC(N)c1nc(C=O)ccc1OCc1ccccc1. The number of carbonyl (C=O) groups excluding carboxylic acids is 1. The molecular weight excluding hydrogens is 276 g/mol. The minimum absolute atomic E-state index is 0.217. The van der Waals surface area contributed by atoms with E-state index in [0.717, 1.165) is 31.1 Å². The number of nitrogens with two attached hydrogens (primary N) is 1. The molecule has 0 spiro atoms. The zero-order valence-corrected chi connectivity index (χ0v) is 12.9. The quantitative estimate of drug-likeness (QED) is 0.755. The highest BCUT2D eigenvalue weighted by atomic mass is 16.5. The van der Waals surface area contributed by atoms with Gasteiger partial charge in [0.05, 0.1) is 11.7 Å². The predicted octanol–water partition coefficient (Wildman–Crippen LogP) is 3.66. The zero-order chi connectivity index (χ0) is 15.8. The van der Waals surface area contributed by atoms with Crippen molar-refractivity contribution in [3.63, 3.8) is 0 Å². The van der Waals surface area contributed by atoms with Gasteiger partial charge in [0.15, 0.2) is 6.29 Å². The van der Waals surface area contributed by atoms with Crippen LogP contribution in [0.3, 0.4) is 0 Å². The highest BCUT2D eigenvalue weighted by molar-refractivity contribution is 5.72. The van der Waals surface area contributed by atoms with Crippen molar-refractivity contribution in [2.24, 2.45) is 5.73 Å². The first-order valence-corrected chi connectivity index (χ1v) is 7.63. The van der Waals surface area contributed by atoms with Crippen LogP contribution in [0.5, 0.6) is 5.75 Å². The monoisotopic (exact) mass is 298 g/mol. The third-order valence-corrected chi connectivity index (χ3v) is 3.49. The lowest BCUT2D eigenvalue weighted by atomic mass is 10.1. The van der Waals surface area contributed by atoms with Crippen molar-refractivity contribution in [2.45, 2.75) is 38.8 Å². The molecule has 2 rings (SSSR count). The van der Waals surface area contributed by atoms with E-state index in [2.05, 4.69) is 11.9 Å². The van der Waals surface area contributed by atoms with Crippen molar-refractivity contribution < 1.29 is 9.53 Å². The summed E-state index contributed by atoms with van der Waals surface area (Å²) in [5.41, 5.74) is 8.34. The number of rotatable bonds is 8. The van der Waals surface area contributed by atoms with Crippen LogP contribution in [-0.4, -0.2) is 11.3 Å². The first kappa shape index (κ1) is 16.2. The van der Waals surface area contributed by atoms with Gasteiger partial charge in [-0.3, -0.25) is 4.79 Å². The van der Waals surface area contributed by atoms with E-state index in [4.69, 9.17) is 10.5 Å². The summed E-state index contributed by atoms with van der Waals surface area (Å²) in [5.74, 6) is 0.651. The Bertz CT molecular complexity index is 599. The largest absolute Gasteiger partial charge is 0.487 e. The van der Waals surface area contributed by atoms with Gasteiger partial charge in [0, 0.05) is 0 Å². The lowest BCUT2D eigenvalue weighted by Gasteiger charge is -2.16. The van der Waals surface area contributed by atoms with Crippen molar-refractivity contribution in [2.75, 3.05) is 0 Å². The summed E-state index contributed by atoms with van der Waals surface area (Å²) in [5, 5.41) is 0. The second-order valence-corrected chi connectivity index (χ2v) is 5.26. The number of nitrogens with zero attached hydrogens (tertiary/aromatic N) is 1. The topological polar surface area (TPSA) is 65.2 Å². The molecule has 2 aromatic rings. The number of unbranched alkanes of at least 4 members (excludes halogenated alkanes) is 1. The summed E-state index contributed by atoms with van der Waals surface area (Å²) in [6.07, 6.45) is 3.65. The van der Waals surface area contributed by atoms with E-state index >= 15 is 0 Å². The Kier molecular flexibility index (Phi) is 6.10. The van der Waals surface area contributed by atoms with Gasteiger partial charge in [0.2, 0.25) is 0 Å². The van der Waals surface area contributed by atoms with E-state index in [-0.39, 0.29) is 6.04 Å². The second-order valence-electron chi connectivity index (χ2n) is 5.26. The molecule has 1 aromatic carbocycles. The predicted molar refractivity (Wildman–Crippen MR) is 86.9 cm³/mol. The molecule has 0 aliphatic heterocycles. The van der Waals surface area contributed by atoms with Crippen molar-refractivity contribution in [1.82, 2.24) is 4.98 Å². The number of ether oxygens (including phenoxy) is 1. The van der Waals surface area contributed by atoms with Crippen LogP contribution >= 0.6 is 0 Å². The third kappa shape index (κ3) is 4.40. The molecular formula is C18H22N2O2. The molecule has 0 saturated heterocycles. The molecule has 1 heterocycles. The molecule has 1 atom stereocenters. The van der Waals surface area contributed by atoms with Gasteiger partial charge in [-0.15, -0.1) is 0 Å². The van der Waals surface area contributed by atoms with E-state index in [1.54, 1.807) is 12.1 Å². The number of aromatic nitrogens is 1. The molecule has 1 unspecified atom stereocenters. The van der Waals surface area contributed by atoms with E-state index < -0.39 is 0 Å². The summed E-state index contributed by atoms with van der Waals surface area (Å²) >= 11 is 0. The summed E-state index contributed by atoms with van der Waals surface area (Å²) in [4.78, 5) is 15.3. The van der Waals surface area contributed by atoms with Gasteiger partial charge in [-0.1, -0.05) is 50.1 Å². The highest BCUT2D eigenvalue weighted by Crippen LogP contribution is 2.26. The smallest absolute Gasteiger partial charge is 0.168 e. The van der Waals surface area contributed by atoms with E-state index in [1.165, 1.54) is 0 Å². The molecule has 0 aliphatic rings. The lowest BCUT2D eigenvalue weighted by molar-refractivity contribution is 0.111. The molecule has 0 radical (unpaired) electrons. The molecule has 0 amide bonds. The summed E-state index contributed by atoms with van der Waals surface area (Å²) in [7, 11) is 0. The average molecular weight is 298 g/mol. The normalized spacial score (nSPS) is 11.9. The van der Waals surface area contributed by atoms with Crippen LogP contribution in [0.4, 0.5) is 0 Å². The third-order valence-electron chi connectivity index (χ3n) is 3.49. The maximum atomic E-state index is 10.9. The van der Waals surface area contributed by atoms with E-state index in [0.29, 0.717) is 23.7 Å². The molecule has 22 heavy (non-hydrogen) atoms. The van der Waals surface area contributed by atoms with Gasteiger partial charge < -0.3 is 10.5 Å². The van der Waals surface area contributed by atoms with Gasteiger partial charge in [-0.25, -0.2) is 4.98 Å². The molecule has 0 bridgehead atoms. The number of benzene rings is 1. The molecule has 0 aliphatic carbocycles. The highest BCUT2D eigenvalue weighted by Gasteiger charge is 2.15. The maximum absolute atomic E-state index is 10.9. The van der Waals surface area contributed by atoms with Crippen LogP contribution < -0.4 is 10.5 Å². The fraction of sp³-hybridized carbons (Fsp3) is 0.333. The number of hydrogen-bond acceptors (Lipinski definition) is 4. The van der Waals surface area contributed by atoms with Crippen LogP contribution in [0.25, 0.3) is 0 Å². The van der Waals surface area contributed by atoms with E-state index in [9.17, 15) is 4.79 Å². The van der Waals surface area contributed by atoms with Crippen LogP contribution in [0.1, 0.15) is 54.0 Å². The van der Waals surface area contributed by atoms with Crippen molar-refractivity contribution in [3.8, 4) is 5.75 Å². The van der Waals surface area contributed by atoms with Crippen LogP contribution in [-0.2, 0) is 6.61 Å². The molecule has 0 fully saturated rings. The Morgan fingerprint density at radius 2 is 2.00 bits per heavy atom. The first-order chi connectivity index (χ1) is 10.7. The Hall–Kier alpha value is -2.20. The average Bonchev–Trinajstić information content (AvgIpc) is 2.58. The second kappa shape index (κ2) is 8.29. The molecule has 0 saturated carbocycles. The standard InChI is InChI=1S/C18H22N2O2/c1-2-3-9-16(19)18-17(11-10-15(12-21)20-18)22-13-14-7-5-4-6-8-14/h4-8,10-12,16H,2-3,9,13,19H2,1H3. The summed E-state index contributed by atoms with van der Waals surface area (Å²) < 4.78 is 5.87.